The second-order valence-electron chi connectivity index (χ2n) is 4.39. The number of esters is 1. The molecule has 0 aromatic rings. The van der Waals surface area contributed by atoms with Gasteiger partial charge in [-0.15, -0.1) is 0 Å². The van der Waals surface area contributed by atoms with Crippen molar-refractivity contribution in [2.75, 3.05) is 6.61 Å². The Morgan fingerprint density at radius 3 is 2.05 bits per heavy atom. The highest BCUT2D eigenvalue weighted by Crippen LogP contribution is 2.03. The molecule has 0 aromatic carbocycles. The number of ether oxygens (including phenoxy) is 1. The monoisotopic (exact) mass is 271 g/mol. The summed E-state index contributed by atoms with van der Waals surface area (Å²) >= 11 is 0. The van der Waals surface area contributed by atoms with Crippen LogP contribution in [-0.2, 0) is 14.3 Å². The van der Waals surface area contributed by atoms with Crippen molar-refractivity contribution in [2.24, 2.45) is 11.8 Å². The molecule has 0 saturated heterocycles. The third kappa shape index (κ3) is 12.7. The number of aliphatic carboxylic acids is 1. The van der Waals surface area contributed by atoms with Crippen LogP contribution < -0.4 is 0 Å². The van der Waals surface area contributed by atoms with Crippen molar-refractivity contribution in [1.82, 2.24) is 0 Å². The molecule has 0 aliphatic heterocycles. The fourth-order valence-electron chi connectivity index (χ4n) is 0.808. The van der Waals surface area contributed by atoms with E-state index >= 15 is 0 Å². The van der Waals surface area contributed by atoms with Gasteiger partial charge >= 0.3 is 11.9 Å². The van der Waals surface area contributed by atoms with Gasteiger partial charge in [-0.1, -0.05) is 27.7 Å². The Morgan fingerprint density at radius 2 is 1.74 bits per heavy atom. The first-order chi connectivity index (χ1) is 8.90. The second-order valence-corrected chi connectivity index (χ2v) is 4.39. The van der Waals surface area contributed by atoms with Crippen LogP contribution in [0.2, 0.25) is 0 Å². The second kappa shape index (κ2) is 12.9. The van der Waals surface area contributed by atoms with Gasteiger partial charge in [-0.2, -0.15) is 5.26 Å². The van der Waals surface area contributed by atoms with Crippen LogP contribution in [0.15, 0.2) is 0 Å². The summed E-state index contributed by atoms with van der Waals surface area (Å²) < 4.78 is 4.91. The molecule has 2 atom stereocenters. The summed E-state index contributed by atoms with van der Waals surface area (Å²) in [4.78, 5) is 21.0. The van der Waals surface area contributed by atoms with Crippen molar-refractivity contribution in [2.45, 2.75) is 53.4 Å². The number of carboxylic acids is 1. The molecule has 0 rings (SSSR count). The van der Waals surface area contributed by atoms with Crippen molar-refractivity contribution >= 4 is 11.9 Å². The lowest BCUT2D eigenvalue weighted by Crippen LogP contribution is -2.14. The van der Waals surface area contributed by atoms with Crippen LogP contribution in [0.5, 0.6) is 0 Å². The van der Waals surface area contributed by atoms with E-state index in [1.165, 1.54) is 0 Å². The van der Waals surface area contributed by atoms with Gasteiger partial charge in [0.05, 0.1) is 24.5 Å². The van der Waals surface area contributed by atoms with Crippen LogP contribution in [0.4, 0.5) is 0 Å². The third-order valence-corrected chi connectivity index (χ3v) is 2.73. The van der Waals surface area contributed by atoms with Crippen LogP contribution in [0.25, 0.3) is 0 Å². The SMILES string of the molecule is CCC(C)C(=O)O.CCC(C)C(=O)OCCCC#N. The molecule has 19 heavy (non-hydrogen) atoms. The number of nitriles is 1. The Labute approximate surface area is 115 Å². The smallest absolute Gasteiger partial charge is 0.308 e. The van der Waals surface area contributed by atoms with Crippen molar-refractivity contribution in [3.63, 3.8) is 0 Å². The summed E-state index contributed by atoms with van der Waals surface area (Å²) in [6.45, 7) is 7.71. The Bertz CT molecular complexity index is 296. The molecule has 0 aliphatic rings. The fraction of sp³-hybridized carbons (Fsp3) is 0.786. The van der Waals surface area contributed by atoms with E-state index in [1.54, 1.807) is 6.92 Å². The van der Waals surface area contributed by atoms with Gasteiger partial charge in [0.15, 0.2) is 0 Å². The maximum absolute atomic E-state index is 11.0. The van der Waals surface area contributed by atoms with E-state index in [0.717, 1.165) is 12.8 Å². The number of hydrogen-bond donors (Lipinski definition) is 1. The summed E-state index contributed by atoms with van der Waals surface area (Å²) in [5, 5.41) is 16.4. The minimum atomic E-state index is -0.706. The van der Waals surface area contributed by atoms with Gasteiger partial charge in [-0.25, -0.2) is 0 Å². The first-order valence-electron chi connectivity index (χ1n) is 6.66. The van der Waals surface area contributed by atoms with Crippen LogP contribution >= 0.6 is 0 Å². The van der Waals surface area contributed by atoms with Crippen molar-refractivity contribution in [1.29, 1.82) is 5.26 Å². The molecule has 110 valence electrons. The van der Waals surface area contributed by atoms with E-state index in [9.17, 15) is 9.59 Å². The molecule has 0 saturated carbocycles. The molecule has 0 aromatic heterocycles. The highest BCUT2D eigenvalue weighted by Gasteiger charge is 2.10. The molecule has 0 heterocycles. The Morgan fingerprint density at radius 1 is 1.21 bits per heavy atom. The first-order valence-corrected chi connectivity index (χ1v) is 6.66. The van der Waals surface area contributed by atoms with E-state index in [0.29, 0.717) is 19.4 Å². The van der Waals surface area contributed by atoms with Gasteiger partial charge in [0.2, 0.25) is 0 Å². The zero-order valence-electron chi connectivity index (χ0n) is 12.3. The first kappa shape index (κ1) is 19.8. The topological polar surface area (TPSA) is 87.4 Å². The number of carbonyl (C=O) groups excluding carboxylic acids is 1. The van der Waals surface area contributed by atoms with Gasteiger partial charge < -0.3 is 9.84 Å². The highest BCUT2D eigenvalue weighted by molar-refractivity contribution is 5.71. The molecule has 0 aliphatic carbocycles. The van der Waals surface area contributed by atoms with Crippen LogP contribution in [-0.4, -0.2) is 23.7 Å². The molecule has 1 N–H and O–H groups in total. The van der Waals surface area contributed by atoms with Crippen LogP contribution in [0, 0.1) is 23.2 Å². The molecule has 0 fully saturated rings. The summed E-state index contributed by atoms with van der Waals surface area (Å²) in [5.74, 6) is -1.06. The quantitative estimate of drug-likeness (QED) is 0.568. The van der Waals surface area contributed by atoms with Gasteiger partial charge in [0.1, 0.15) is 0 Å². The Balaban J connectivity index is 0. The summed E-state index contributed by atoms with van der Waals surface area (Å²) in [6.07, 6.45) is 2.61. The average Bonchev–Trinajstić information content (AvgIpc) is 2.41. The van der Waals surface area contributed by atoms with E-state index < -0.39 is 5.97 Å². The molecule has 0 bridgehead atoms. The lowest BCUT2D eigenvalue weighted by Gasteiger charge is -2.07. The molecule has 2 unspecified atom stereocenters. The Kier molecular flexibility index (Phi) is 13.4. The number of rotatable bonds is 7. The van der Waals surface area contributed by atoms with Crippen molar-refractivity contribution in [3.8, 4) is 6.07 Å². The normalized spacial score (nSPS) is 12.4. The van der Waals surface area contributed by atoms with Gasteiger partial charge in [-0.3, -0.25) is 9.59 Å². The lowest BCUT2D eigenvalue weighted by molar-refractivity contribution is -0.148. The minimum Gasteiger partial charge on any atom is -0.481 e. The van der Waals surface area contributed by atoms with Gasteiger partial charge in [-0.05, 0) is 19.3 Å². The average molecular weight is 271 g/mol. The zero-order chi connectivity index (χ0) is 15.3. The van der Waals surface area contributed by atoms with E-state index in [1.807, 2.05) is 26.8 Å². The molecule has 5 heteroatoms. The standard InChI is InChI=1S/C9H15NO2.C5H10O2/c1-3-8(2)9(11)12-7-5-4-6-10;1-3-4(2)5(6)7/h8H,3-5,7H2,1-2H3;4H,3H2,1-2H3,(H,6,7). The summed E-state index contributed by atoms with van der Waals surface area (Å²) in [6, 6.07) is 1.99. The zero-order valence-corrected chi connectivity index (χ0v) is 12.3. The minimum absolute atomic E-state index is 0.0212. The molecular weight excluding hydrogens is 246 g/mol. The molecular formula is C14H25NO4. The summed E-state index contributed by atoms with van der Waals surface area (Å²) in [5.41, 5.74) is 0. The molecule has 0 spiro atoms. The number of carbonyl (C=O) groups is 2. The van der Waals surface area contributed by atoms with Gasteiger partial charge in [0, 0.05) is 6.42 Å². The highest BCUT2D eigenvalue weighted by atomic mass is 16.5. The predicted molar refractivity (Wildman–Crippen MR) is 72.4 cm³/mol. The van der Waals surface area contributed by atoms with Gasteiger partial charge in [0.25, 0.3) is 0 Å². The van der Waals surface area contributed by atoms with E-state index in [2.05, 4.69) is 0 Å². The number of carboxylic acid groups (broad SMARTS) is 1. The number of hydrogen-bond acceptors (Lipinski definition) is 4. The van der Waals surface area contributed by atoms with Crippen molar-refractivity contribution in [3.05, 3.63) is 0 Å². The van der Waals surface area contributed by atoms with Crippen molar-refractivity contribution < 1.29 is 19.4 Å². The summed E-state index contributed by atoms with van der Waals surface area (Å²) in [7, 11) is 0. The Hall–Kier alpha value is -1.57. The number of unbranched alkanes of at least 4 members (excludes halogenated alkanes) is 1. The predicted octanol–water partition coefficient (Wildman–Crippen LogP) is 3.00. The fourth-order valence-corrected chi connectivity index (χ4v) is 0.808. The van der Waals surface area contributed by atoms with E-state index in [-0.39, 0.29) is 17.8 Å². The van der Waals surface area contributed by atoms with Crippen LogP contribution in [0.1, 0.15) is 53.4 Å². The van der Waals surface area contributed by atoms with Crippen LogP contribution in [0.3, 0.4) is 0 Å². The largest absolute Gasteiger partial charge is 0.481 e. The third-order valence-electron chi connectivity index (χ3n) is 2.73. The maximum Gasteiger partial charge on any atom is 0.308 e. The molecule has 5 nitrogen and oxygen atoms in total. The lowest BCUT2D eigenvalue weighted by atomic mass is 10.1. The number of nitrogens with zero attached hydrogens (tertiary/aromatic N) is 1. The maximum atomic E-state index is 11.0. The molecule has 0 amide bonds. The van der Waals surface area contributed by atoms with E-state index in [4.69, 9.17) is 15.1 Å². The molecule has 0 radical (unpaired) electrons.